The second-order valence-electron chi connectivity index (χ2n) is 6.91. The molecular weight excluding hydrogens is 458 g/mol. The summed E-state index contributed by atoms with van der Waals surface area (Å²) >= 11 is 0. The maximum Gasteiger partial charge on any atom is 0.0607 e. The van der Waals surface area contributed by atoms with Crippen molar-refractivity contribution >= 4 is 23.1 Å². The van der Waals surface area contributed by atoms with Gasteiger partial charge < -0.3 is 0 Å². The zero-order chi connectivity index (χ0) is 15.3. The predicted molar refractivity (Wildman–Crippen MR) is 93.6 cm³/mol. The fraction of sp³-hybridized carbons (Fsp3) is 0.190. The van der Waals surface area contributed by atoms with Gasteiger partial charge in [-0.2, -0.15) is 0 Å². The molecule has 0 fully saturated rings. The average molecular weight is 477 g/mol. The van der Waals surface area contributed by atoms with Crippen molar-refractivity contribution in [3.05, 3.63) is 65.2 Å². The number of hydrogen-bond donors (Lipinski definition) is 0. The van der Waals surface area contributed by atoms with Crippen molar-refractivity contribution in [1.82, 2.24) is 4.98 Å². The second kappa shape index (κ2) is 5.70. The minimum Gasteiger partial charge on any atom is -0.296 e. The van der Waals surface area contributed by atoms with Crippen LogP contribution in [0.1, 0.15) is 37.5 Å². The molecule has 23 heavy (non-hydrogen) atoms. The van der Waals surface area contributed by atoms with Crippen LogP contribution in [0.15, 0.2) is 42.5 Å². The molecule has 1 aliphatic carbocycles. The van der Waals surface area contributed by atoms with Gasteiger partial charge in [0.05, 0.1) is 5.52 Å². The summed E-state index contributed by atoms with van der Waals surface area (Å²) in [7, 11) is 0. The summed E-state index contributed by atoms with van der Waals surface area (Å²) in [5.41, 5.74) is 7.08. The van der Waals surface area contributed by atoms with E-state index in [4.69, 9.17) is 4.98 Å². The van der Waals surface area contributed by atoms with Gasteiger partial charge in [0, 0.05) is 25.5 Å². The van der Waals surface area contributed by atoms with Gasteiger partial charge in [0.2, 0.25) is 0 Å². The molecule has 1 radical (unpaired) electrons. The summed E-state index contributed by atoms with van der Waals surface area (Å²) in [4.78, 5) is 4.86. The van der Waals surface area contributed by atoms with Gasteiger partial charge in [-0.15, -0.1) is 35.4 Å². The fourth-order valence-corrected chi connectivity index (χ4v) is 3.02. The molecule has 1 heterocycles. The summed E-state index contributed by atoms with van der Waals surface area (Å²) in [6.07, 6.45) is 4.34. The van der Waals surface area contributed by atoms with Gasteiger partial charge in [0.15, 0.2) is 0 Å². The van der Waals surface area contributed by atoms with Crippen LogP contribution in [0.25, 0.3) is 34.3 Å². The van der Waals surface area contributed by atoms with Crippen LogP contribution in [-0.2, 0) is 25.5 Å². The minimum absolute atomic E-state index is 0. The number of pyridine rings is 1. The number of aromatic nitrogens is 1. The molecule has 1 aliphatic rings. The number of nitrogens with zero attached hydrogens (tertiary/aromatic N) is 1. The van der Waals surface area contributed by atoms with Gasteiger partial charge in [-0.1, -0.05) is 51.1 Å². The molecule has 0 N–H and O–H groups in total. The third kappa shape index (κ3) is 2.78. The molecule has 0 saturated heterocycles. The van der Waals surface area contributed by atoms with Crippen LogP contribution in [0.5, 0.6) is 0 Å². The maximum atomic E-state index is 4.86. The minimum atomic E-state index is 0. The zero-order valence-electron chi connectivity index (χ0n) is 13.5. The molecule has 0 spiro atoms. The fourth-order valence-electron chi connectivity index (χ4n) is 3.02. The van der Waals surface area contributed by atoms with Gasteiger partial charge >= 0.3 is 0 Å². The molecule has 1 aromatic heterocycles. The van der Waals surface area contributed by atoms with Crippen molar-refractivity contribution in [1.29, 1.82) is 0 Å². The molecule has 0 bridgehead atoms. The maximum absolute atomic E-state index is 4.86. The Hall–Kier alpha value is -1.76. The standard InChI is InChI=1S/C21H18N.Ir/c1-21(2,3)17-8-4-7-15(12-17)19-13-16-11-10-14-6-5-9-18(22-19)20(14)16;/h4-6,8-13H,1-3H3;/q-1;. The molecule has 117 valence electrons. The van der Waals surface area contributed by atoms with E-state index in [2.05, 4.69) is 75.4 Å². The molecule has 0 atom stereocenters. The number of benzene rings is 2. The smallest absolute Gasteiger partial charge is 0.0607 e. The Morgan fingerprint density at radius 2 is 1.74 bits per heavy atom. The van der Waals surface area contributed by atoms with Gasteiger partial charge in [0.25, 0.3) is 0 Å². The molecular formula is C21H18IrN-. The first-order valence-corrected chi connectivity index (χ1v) is 7.67. The van der Waals surface area contributed by atoms with Gasteiger partial charge in [-0.3, -0.25) is 4.98 Å². The zero-order valence-corrected chi connectivity index (χ0v) is 15.9. The Kier molecular flexibility index (Phi) is 4.00. The molecule has 0 unspecified atom stereocenters. The van der Waals surface area contributed by atoms with E-state index in [0.29, 0.717) is 0 Å². The summed E-state index contributed by atoms with van der Waals surface area (Å²) in [5, 5.41) is 1.26. The summed E-state index contributed by atoms with van der Waals surface area (Å²) < 4.78 is 0. The van der Waals surface area contributed by atoms with Crippen LogP contribution in [-0.4, -0.2) is 4.98 Å². The van der Waals surface area contributed by atoms with E-state index >= 15 is 0 Å². The van der Waals surface area contributed by atoms with Gasteiger partial charge in [-0.05, 0) is 28.3 Å². The van der Waals surface area contributed by atoms with Crippen molar-refractivity contribution in [2.45, 2.75) is 26.2 Å². The normalized spacial score (nSPS) is 12.5. The largest absolute Gasteiger partial charge is 0.296 e. The topological polar surface area (TPSA) is 12.9 Å². The molecule has 4 rings (SSSR count). The van der Waals surface area contributed by atoms with E-state index in [1.165, 1.54) is 22.1 Å². The van der Waals surface area contributed by atoms with E-state index < -0.39 is 0 Å². The Labute approximate surface area is 150 Å². The third-order valence-corrected chi connectivity index (χ3v) is 4.28. The predicted octanol–water partition coefficient (Wildman–Crippen LogP) is 5.48. The molecule has 2 heteroatoms. The van der Waals surface area contributed by atoms with Crippen LogP contribution >= 0.6 is 0 Å². The quantitative estimate of drug-likeness (QED) is 0.332. The Morgan fingerprint density at radius 3 is 2.52 bits per heavy atom. The Balaban J connectivity index is 0.00000156. The van der Waals surface area contributed by atoms with E-state index in [1.807, 2.05) is 6.07 Å². The first-order chi connectivity index (χ1) is 10.5. The van der Waals surface area contributed by atoms with E-state index in [9.17, 15) is 0 Å². The van der Waals surface area contributed by atoms with Crippen LogP contribution in [0, 0.1) is 6.07 Å². The number of rotatable bonds is 1. The van der Waals surface area contributed by atoms with E-state index in [1.54, 1.807) is 0 Å². The van der Waals surface area contributed by atoms with Crippen LogP contribution in [0.3, 0.4) is 0 Å². The molecule has 0 aliphatic heterocycles. The van der Waals surface area contributed by atoms with Gasteiger partial charge in [0.1, 0.15) is 0 Å². The summed E-state index contributed by atoms with van der Waals surface area (Å²) in [6.45, 7) is 6.69. The van der Waals surface area contributed by atoms with E-state index in [0.717, 1.165) is 16.8 Å². The molecule has 0 saturated carbocycles. The third-order valence-electron chi connectivity index (χ3n) is 4.28. The van der Waals surface area contributed by atoms with Crippen molar-refractivity contribution < 1.29 is 20.1 Å². The molecule has 2 aromatic carbocycles. The molecule has 0 amide bonds. The average Bonchev–Trinajstić information content (AvgIpc) is 2.92. The SMILES string of the molecule is CC(C)(C)c1cc[c-]c(-c2cc3c4c(cccc4n2)C=C3)c1.[Ir]. The number of hydrogen-bond acceptors (Lipinski definition) is 1. The second-order valence-corrected chi connectivity index (χ2v) is 6.91. The van der Waals surface area contributed by atoms with Crippen molar-refractivity contribution in [2.24, 2.45) is 0 Å². The Morgan fingerprint density at radius 1 is 0.957 bits per heavy atom. The van der Waals surface area contributed by atoms with Crippen LogP contribution in [0.2, 0.25) is 0 Å². The first kappa shape index (κ1) is 16.1. The van der Waals surface area contributed by atoms with Crippen LogP contribution in [0.4, 0.5) is 0 Å². The van der Waals surface area contributed by atoms with E-state index in [-0.39, 0.29) is 25.5 Å². The Bertz CT molecular complexity index is 917. The monoisotopic (exact) mass is 477 g/mol. The summed E-state index contributed by atoms with van der Waals surface area (Å²) in [5.74, 6) is 0. The van der Waals surface area contributed by atoms with Crippen LogP contribution < -0.4 is 0 Å². The van der Waals surface area contributed by atoms with Gasteiger partial charge in [-0.25, -0.2) is 0 Å². The van der Waals surface area contributed by atoms with Crippen molar-refractivity contribution in [3.63, 3.8) is 0 Å². The molecule has 1 nitrogen and oxygen atoms in total. The first-order valence-electron chi connectivity index (χ1n) is 7.67. The summed E-state index contributed by atoms with van der Waals surface area (Å²) in [6, 6.07) is 18.2. The van der Waals surface area contributed by atoms with Crippen molar-refractivity contribution in [2.75, 3.05) is 0 Å². The van der Waals surface area contributed by atoms with Crippen molar-refractivity contribution in [3.8, 4) is 11.3 Å². The molecule has 3 aromatic rings.